The van der Waals surface area contributed by atoms with Gasteiger partial charge in [-0.15, -0.1) is 0 Å². The predicted molar refractivity (Wildman–Crippen MR) is 177 cm³/mol. The smallest absolute Gasteiger partial charge is 0.348 e. The van der Waals surface area contributed by atoms with Crippen molar-refractivity contribution in [3.05, 3.63) is 150 Å². The summed E-state index contributed by atoms with van der Waals surface area (Å²) < 4.78 is 13.7. The molecule has 0 atom stereocenters. The molecular weight excluding hydrogens is 558 g/mol. The van der Waals surface area contributed by atoms with Crippen LogP contribution in [0.5, 0.6) is 0 Å². The first kappa shape index (κ1) is 26.9. The highest BCUT2D eigenvalue weighted by Crippen LogP contribution is 2.45. The first-order chi connectivity index (χ1) is 21.8. The molecule has 5 nitrogen and oxygen atoms in total. The Hall–Kier alpha value is -5.68. The molecule has 5 aromatic carbocycles. The van der Waals surface area contributed by atoms with Gasteiger partial charge in [0.25, 0.3) is 0 Å². The van der Waals surface area contributed by atoms with Gasteiger partial charge >= 0.3 is 11.9 Å². The van der Waals surface area contributed by atoms with Crippen molar-refractivity contribution < 1.29 is 19.1 Å². The summed E-state index contributed by atoms with van der Waals surface area (Å²) in [5, 5.41) is 2.04. The van der Waals surface area contributed by atoms with E-state index < -0.39 is 11.9 Å². The first-order valence-corrected chi connectivity index (χ1v) is 15.0. The third kappa shape index (κ3) is 4.31. The fourth-order valence-electron chi connectivity index (χ4n) is 6.37. The van der Waals surface area contributed by atoms with Gasteiger partial charge in [0.15, 0.2) is 11.5 Å². The van der Waals surface area contributed by atoms with Crippen molar-refractivity contribution in [3.8, 4) is 16.8 Å². The predicted octanol–water partition coefficient (Wildman–Crippen LogP) is 8.98. The Morgan fingerprint density at radius 1 is 0.511 bits per heavy atom. The molecule has 0 radical (unpaired) electrons. The number of hydrogen-bond donors (Lipinski definition) is 0. The Morgan fingerprint density at radius 2 is 1.04 bits per heavy atom. The SMILES string of the molecule is CC(C)(C)c1ccc(C2=C3OC(=O)C(c4ccc5c(c4)c4ccccc4n5-c4ccc(-c5ccccc5)cc4)=C3OC2=O)cc1. The number of carbonyl (C=O) groups excluding carboxylic acids is 2. The van der Waals surface area contributed by atoms with Crippen LogP contribution >= 0.6 is 0 Å². The summed E-state index contributed by atoms with van der Waals surface area (Å²) in [5.74, 6) is -0.690. The molecule has 0 spiro atoms. The lowest BCUT2D eigenvalue weighted by atomic mass is 9.86. The fourth-order valence-corrected chi connectivity index (χ4v) is 6.37. The zero-order valence-corrected chi connectivity index (χ0v) is 25.1. The summed E-state index contributed by atoms with van der Waals surface area (Å²) in [6.07, 6.45) is 0. The Kier molecular flexibility index (Phi) is 5.94. The standard InChI is InChI=1S/C40H29NO4/c1-40(2,3)28-18-13-26(14-19-28)34-36-37(45-38(34)42)35(39(43)44-36)27-17-22-33-31(23-27)30-11-7-8-12-32(30)41(33)29-20-15-25(16-21-29)24-9-5-4-6-10-24/h4-23H,1-3H3. The number of para-hydroxylation sites is 1. The van der Waals surface area contributed by atoms with E-state index in [1.165, 1.54) is 5.56 Å². The molecule has 218 valence electrons. The van der Waals surface area contributed by atoms with Crippen LogP contribution in [0.1, 0.15) is 37.5 Å². The van der Waals surface area contributed by atoms with E-state index in [2.05, 4.69) is 73.9 Å². The van der Waals surface area contributed by atoms with Crippen LogP contribution in [0.3, 0.4) is 0 Å². The van der Waals surface area contributed by atoms with Crippen LogP contribution in [-0.4, -0.2) is 16.5 Å². The average Bonchev–Trinajstić information content (AvgIpc) is 3.66. The van der Waals surface area contributed by atoms with Crippen molar-refractivity contribution in [2.75, 3.05) is 0 Å². The van der Waals surface area contributed by atoms with E-state index in [-0.39, 0.29) is 28.1 Å². The van der Waals surface area contributed by atoms with Crippen LogP contribution < -0.4 is 0 Å². The largest absolute Gasteiger partial charge is 0.418 e. The molecule has 2 aliphatic rings. The maximum Gasteiger partial charge on any atom is 0.348 e. The molecule has 0 bridgehead atoms. The molecular formula is C40H29NO4. The quantitative estimate of drug-likeness (QED) is 0.193. The van der Waals surface area contributed by atoms with Gasteiger partial charge in [-0.05, 0) is 63.6 Å². The molecule has 0 saturated carbocycles. The summed E-state index contributed by atoms with van der Waals surface area (Å²) >= 11 is 0. The van der Waals surface area contributed by atoms with Crippen molar-refractivity contribution in [3.63, 3.8) is 0 Å². The third-order valence-electron chi connectivity index (χ3n) is 8.69. The summed E-state index contributed by atoms with van der Waals surface area (Å²) in [6, 6.07) is 40.7. The van der Waals surface area contributed by atoms with Gasteiger partial charge in [-0.1, -0.05) is 112 Å². The number of rotatable bonds is 4. The topological polar surface area (TPSA) is 57.5 Å². The molecule has 5 heteroatoms. The van der Waals surface area contributed by atoms with Gasteiger partial charge in [0, 0.05) is 16.5 Å². The molecule has 0 aliphatic carbocycles. The molecule has 0 N–H and O–H groups in total. The van der Waals surface area contributed by atoms with Crippen LogP contribution in [0, 0.1) is 0 Å². The lowest BCUT2D eigenvalue weighted by Crippen LogP contribution is -2.11. The van der Waals surface area contributed by atoms with E-state index in [4.69, 9.17) is 9.47 Å². The molecule has 0 saturated heterocycles. The molecule has 0 amide bonds. The van der Waals surface area contributed by atoms with Crippen molar-refractivity contribution in [2.45, 2.75) is 26.2 Å². The highest BCUT2D eigenvalue weighted by molar-refractivity contribution is 6.29. The van der Waals surface area contributed by atoms with E-state index in [0.717, 1.165) is 38.6 Å². The van der Waals surface area contributed by atoms with Crippen molar-refractivity contribution >= 4 is 44.9 Å². The number of nitrogens with zero attached hydrogens (tertiary/aromatic N) is 1. The number of esters is 2. The van der Waals surface area contributed by atoms with Gasteiger partial charge in [-0.2, -0.15) is 0 Å². The Labute approximate surface area is 260 Å². The minimum absolute atomic E-state index is 0.0298. The molecule has 3 heterocycles. The summed E-state index contributed by atoms with van der Waals surface area (Å²) in [6.45, 7) is 6.40. The van der Waals surface area contributed by atoms with Crippen LogP contribution in [-0.2, 0) is 24.5 Å². The maximum atomic E-state index is 13.3. The highest BCUT2D eigenvalue weighted by Gasteiger charge is 2.44. The van der Waals surface area contributed by atoms with Crippen molar-refractivity contribution in [1.82, 2.24) is 4.57 Å². The Balaban J connectivity index is 1.24. The Bertz CT molecular complexity index is 2240. The minimum atomic E-state index is -0.532. The van der Waals surface area contributed by atoms with Crippen molar-refractivity contribution in [2.24, 2.45) is 0 Å². The molecule has 2 aliphatic heterocycles. The summed E-state index contributed by atoms with van der Waals surface area (Å²) in [7, 11) is 0. The monoisotopic (exact) mass is 587 g/mol. The van der Waals surface area contributed by atoms with Crippen LogP contribution in [0.15, 0.2) is 133 Å². The number of hydrogen-bond acceptors (Lipinski definition) is 4. The third-order valence-corrected chi connectivity index (χ3v) is 8.69. The van der Waals surface area contributed by atoms with Crippen LogP contribution in [0.4, 0.5) is 0 Å². The van der Waals surface area contributed by atoms with Gasteiger partial charge < -0.3 is 14.0 Å². The summed E-state index contributed by atoms with van der Waals surface area (Å²) in [5.41, 5.74) is 8.33. The summed E-state index contributed by atoms with van der Waals surface area (Å²) in [4.78, 5) is 26.4. The maximum absolute atomic E-state index is 13.3. The second-order valence-electron chi connectivity index (χ2n) is 12.5. The van der Waals surface area contributed by atoms with Gasteiger partial charge in [-0.25, -0.2) is 9.59 Å². The van der Waals surface area contributed by atoms with Crippen LogP contribution in [0.25, 0.3) is 49.8 Å². The van der Waals surface area contributed by atoms with E-state index >= 15 is 0 Å². The average molecular weight is 588 g/mol. The van der Waals surface area contributed by atoms with Gasteiger partial charge in [0.1, 0.15) is 11.1 Å². The number of benzene rings is 5. The lowest BCUT2D eigenvalue weighted by molar-refractivity contribution is -0.131. The van der Waals surface area contributed by atoms with E-state index in [9.17, 15) is 9.59 Å². The Morgan fingerprint density at radius 3 is 1.71 bits per heavy atom. The van der Waals surface area contributed by atoms with Gasteiger partial charge in [-0.3, -0.25) is 0 Å². The van der Waals surface area contributed by atoms with E-state index in [1.807, 2.05) is 72.8 Å². The van der Waals surface area contributed by atoms with Crippen molar-refractivity contribution in [1.29, 1.82) is 0 Å². The molecule has 45 heavy (non-hydrogen) atoms. The molecule has 1 aromatic heterocycles. The first-order valence-electron chi connectivity index (χ1n) is 15.0. The highest BCUT2D eigenvalue weighted by atomic mass is 16.6. The molecule has 0 unspecified atom stereocenters. The van der Waals surface area contributed by atoms with Gasteiger partial charge in [0.05, 0.1) is 11.0 Å². The van der Waals surface area contributed by atoms with E-state index in [1.54, 1.807) is 0 Å². The van der Waals surface area contributed by atoms with E-state index in [0.29, 0.717) is 11.1 Å². The number of ether oxygens (including phenoxy) is 2. The second kappa shape index (κ2) is 9.93. The van der Waals surface area contributed by atoms with Crippen LogP contribution in [0.2, 0.25) is 0 Å². The number of fused-ring (bicyclic) bond motifs is 4. The lowest BCUT2D eigenvalue weighted by Gasteiger charge is -2.19. The molecule has 6 aromatic rings. The van der Waals surface area contributed by atoms with Gasteiger partial charge in [0.2, 0.25) is 0 Å². The molecule has 8 rings (SSSR count). The zero-order valence-electron chi connectivity index (χ0n) is 25.1. The minimum Gasteiger partial charge on any atom is -0.418 e. The normalized spacial score (nSPS) is 14.8. The number of carbonyl (C=O) groups is 2. The fraction of sp³-hybridized carbons (Fsp3) is 0.100. The zero-order chi connectivity index (χ0) is 30.9. The second-order valence-corrected chi connectivity index (χ2v) is 12.5. The molecule has 0 fully saturated rings. The number of aromatic nitrogens is 1.